The predicted molar refractivity (Wildman–Crippen MR) is 166 cm³/mol. The van der Waals surface area contributed by atoms with Gasteiger partial charge in [0.15, 0.2) is 0 Å². The number of carbonyl (C=O) groups excluding carboxylic acids is 1. The molecule has 3 nitrogen and oxygen atoms in total. The molecule has 38 heavy (non-hydrogen) atoms. The lowest BCUT2D eigenvalue weighted by Crippen LogP contribution is -2.43. The molecule has 0 radical (unpaired) electrons. The molecule has 1 aromatic carbocycles. The van der Waals surface area contributed by atoms with Crippen LogP contribution in [0.5, 0.6) is 0 Å². The largest absolute Gasteiger partial charge is 0.460 e. The van der Waals surface area contributed by atoms with E-state index in [9.17, 15) is 4.79 Å². The van der Waals surface area contributed by atoms with Crippen LogP contribution in [0.2, 0.25) is 0 Å². The Morgan fingerprint density at radius 1 is 0.605 bits per heavy atom. The molecule has 0 aliphatic carbocycles. The molecule has 0 aliphatic heterocycles. The van der Waals surface area contributed by atoms with Gasteiger partial charge in [0, 0.05) is 6.42 Å². The molecule has 0 N–H and O–H groups in total. The molecular weight excluding hydrogens is 466 g/mol. The second kappa shape index (κ2) is 24.7. The molecule has 0 spiro atoms. The van der Waals surface area contributed by atoms with Crippen LogP contribution in [-0.4, -0.2) is 44.2 Å². The number of hydrogen-bond acceptors (Lipinski definition) is 2. The summed E-state index contributed by atoms with van der Waals surface area (Å²) in [6.07, 6.45) is 28.4. The van der Waals surface area contributed by atoms with Gasteiger partial charge in [-0.05, 0) is 37.7 Å². The monoisotopic (exact) mass is 530 g/mol. The quantitative estimate of drug-likeness (QED) is 0.0642. The fraction of sp³-hybridized carbons (Fsp3) is 0.800. The maximum atomic E-state index is 12.1. The molecule has 0 amide bonds. The molecule has 3 heteroatoms. The van der Waals surface area contributed by atoms with Gasteiger partial charge in [-0.2, -0.15) is 0 Å². The van der Waals surface area contributed by atoms with Gasteiger partial charge in [-0.1, -0.05) is 140 Å². The van der Waals surface area contributed by atoms with Crippen molar-refractivity contribution in [3.8, 4) is 0 Å². The Morgan fingerprint density at radius 2 is 1.08 bits per heavy atom. The van der Waals surface area contributed by atoms with Crippen LogP contribution in [-0.2, 0) is 16.0 Å². The highest BCUT2D eigenvalue weighted by atomic mass is 16.5. The van der Waals surface area contributed by atoms with Crippen LogP contribution in [0, 0.1) is 0 Å². The van der Waals surface area contributed by atoms with E-state index >= 15 is 0 Å². The van der Waals surface area contributed by atoms with Crippen molar-refractivity contribution in [2.75, 3.05) is 33.8 Å². The molecule has 0 aliphatic rings. The summed E-state index contributed by atoms with van der Waals surface area (Å²) in [6.45, 7) is 4.95. The van der Waals surface area contributed by atoms with Crippen molar-refractivity contribution < 1.29 is 14.0 Å². The molecule has 1 aromatic rings. The van der Waals surface area contributed by atoms with Gasteiger partial charge in [0.1, 0.15) is 13.2 Å². The highest BCUT2D eigenvalue weighted by Crippen LogP contribution is 2.14. The SMILES string of the molecule is CCCCCCCCCC[N+](C)(C)CCOC(=O)CCCCCCCCCCCCCCc1ccccc1. The molecule has 0 saturated heterocycles. The molecule has 0 atom stereocenters. The Morgan fingerprint density at radius 3 is 1.63 bits per heavy atom. The third kappa shape index (κ3) is 22.6. The van der Waals surface area contributed by atoms with E-state index < -0.39 is 0 Å². The van der Waals surface area contributed by atoms with Crippen LogP contribution in [0.25, 0.3) is 0 Å². The van der Waals surface area contributed by atoms with Crippen LogP contribution in [0.15, 0.2) is 30.3 Å². The van der Waals surface area contributed by atoms with Gasteiger partial charge in [0.25, 0.3) is 0 Å². The normalized spacial score (nSPS) is 11.7. The number of quaternary nitrogens is 1. The number of aryl methyl sites for hydroxylation is 1. The van der Waals surface area contributed by atoms with Crippen LogP contribution < -0.4 is 0 Å². The van der Waals surface area contributed by atoms with E-state index in [1.807, 2.05) is 0 Å². The minimum absolute atomic E-state index is 0.000785. The maximum absolute atomic E-state index is 12.1. The Kier molecular flexibility index (Phi) is 22.5. The summed E-state index contributed by atoms with van der Waals surface area (Å²) in [5.41, 5.74) is 1.48. The van der Waals surface area contributed by atoms with Crippen molar-refractivity contribution in [1.29, 1.82) is 0 Å². The standard InChI is InChI=1S/C35H64NO2/c1-4-5-6-7-8-17-20-26-31-36(2,3)32-33-38-35(37)30-25-19-16-14-12-10-9-11-13-15-18-22-27-34-28-23-21-24-29-34/h21,23-24,28-29H,4-20,22,25-27,30-33H2,1-3H3/q+1. The molecule has 220 valence electrons. The van der Waals surface area contributed by atoms with E-state index in [2.05, 4.69) is 51.4 Å². The number of benzene rings is 1. The molecule has 0 fully saturated rings. The number of likely N-dealkylation sites (N-methyl/N-ethyl adjacent to an activating group) is 1. The lowest BCUT2D eigenvalue weighted by atomic mass is 10.0. The van der Waals surface area contributed by atoms with Crippen molar-refractivity contribution in [3.05, 3.63) is 35.9 Å². The van der Waals surface area contributed by atoms with Crippen LogP contribution in [0.3, 0.4) is 0 Å². The molecule has 0 saturated carbocycles. The second-order valence-corrected chi connectivity index (χ2v) is 12.3. The van der Waals surface area contributed by atoms with E-state index in [4.69, 9.17) is 4.74 Å². The van der Waals surface area contributed by atoms with Crippen molar-refractivity contribution in [3.63, 3.8) is 0 Å². The second-order valence-electron chi connectivity index (χ2n) is 12.3. The van der Waals surface area contributed by atoms with Crippen molar-refractivity contribution in [1.82, 2.24) is 0 Å². The number of unbranched alkanes of at least 4 members (excludes halogenated alkanes) is 18. The number of carbonyl (C=O) groups is 1. The average molecular weight is 531 g/mol. The van der Waals surface area contributed by atoms with E-state index in [0.717, 1.165) is 23.9 Å². The zero-order valence-corrected chi connectivity index (χ0v) is 25.8. The fourth-order valence-corrected chi connectivity index (χ4v) is 5.28. The first-order valence-corrected chi connectivity index (χ1v) is 16.5. The lowest BCUT2D eigenvalue weighted by molar-refractivity contribution is -0.890. The molecule has 0 unspecified atom stereocenters. The molecule has 0 heterocycles. The zero-order valence-electron chi connectivity index (χ0n) is 25.8. The first kappa shape index (κ1) is 34.7. The summed E-state index contributed by atoms with van der Waals surface area (Å²) >= 11 is 0. The van der Waals surface area contributed by atoms with E-state index in [-0.39, 0.29) is 5.97 Å². The smallest absolute Gasteiger partial charge is 0.305 e. The van der Waals surface area contributed by atoms with Gasteiger partial charge in [-0.3, -0.25) is 4.79 Å². The zero-order chi connectivity index (χ0) is 27.6. The van der Waals surface area contributed by atoms with E-state index in [0.29, 0.717) is 13.0 Å². The predicted octanol–water partition coefficient (Wildman–Crippen LogP) is 10.1. The summed E-state index contributed by atoms with van der Waals surface area (Å²) in [4.78, 5) is 12.1. The summed E-state index contributed by atoms with van der Waals surface area (Å²) < 4.78 is 6.49. The maximum Gasteiger partial charge on any atom is 0.305 e. The number of ether oxygens (including phenoxy) is 1. The van der Waals surface area contributed by atoms with Gasteiger partial charge in [0.2, 0.25) is 0 Å². The summed E-state index contributed by atoms with van der Waals surface area (Å²) in [5, 5.41) is 0. The van der Waals surface area contributed by atoms with Gasteiger partial charge < -0.3 is 9.22 Å². The first-order chi connectivity index (χ1) is 18.5. The molecular formula is C35H64NO2+. The molecule has 0 bridgehead atoms. The van der Waals surface area contributed by atoms with E-state index in [1.165, 1.54) is 134 Å². The van der Waals surface area contributed by atoms with Crippen LogP contribution in [0.1, 0.15) is 147 Å². The topological polar surface area (TPSA) is 26.3 Å². The minimum Gasteiger partial charge on any atom is -0.460 e. The minimum atomic E-state index is 0.000785. The Hall–Kier alpha value is -1.35. The Balaban J connectivity index is 1.81. The average Bonchev–Trinajstić information content (AvgIpc) is 2.91. The lowest BCUT2D eigenvalue weighted by Gasteiger charge is -2.29. The number of rotatable bonds is 27. The number of hydrogen-bond donors (Lipinski definition) is 0. The number of esters is 1. The van der Waals surface area contributed by atoms with Crippen molar-refractivity contribution in [2.45, 2.75) is 148 Å². The Labute approximate surface area is 237 Å². The van der Waals surface area contributed by atoms with E-state index in [1.54, 1.807) is 0 Å². The summed E-state index contributed by atoms with van der Waals surface area (Å²) in [7, 11) is 4.53. The van der Waals surface area contributed by atoms with Crippen molar-refractivity contribution in [2.24, 2.45) is 0 Å². The van der Waals surface area contributed by atoms with Gasteiger partial charge in [0.05, 0.1) is 20.6 Å². The highest BCUT2D eigenvalue weighted by Gasteiger charge is 2.15. The van der Waals surface area contributed by atoms with Gasteiger partial charge in [-0.25, -0.2) is 0 Å². The first-order valence-electron chi connectivity index (χ1n) is 16.5. The van der Waals surface area contributed by atoms with Crippen LogP contribution >= 0.6 is 0 Å². The highest BCUT2D eigenvalue weighted by molar-refractivity contribution is 5.69. The Bertz CT molecular complexity index is 643. The molecule has 0 aromatic heterocycles. The third-order valence-electron chi connectivity index (χ3n) is 8.02. The fourth-order valence-electron chi connectivity index (χ4n) is 5.28. The van der Waals surface area contributed by atoms with Gasteiger partial charge >= 0.3 is 5.97 Å². The van der Waals surface area contributed by atoms with Crippen molar-refractivity contribution >= 4 is 5.97 Å². The van der Waals surface area contributed by atoms with Gasteiger partial charge in [-0.15, -0.1) is 0 Å². The third-order valence-corrected chi connectivity index (χ3v) is 8.02. The summed E-state index contributed by atoms with van der Waals surface area (Å²) in [6, 6.07) is 10.9. The summed E-state index contributed by atoms with van der Waals surface area (Å²) in [5.74, 6) is 0.000785. The number of nitrogens with zero attached hydrogens (tertiary/aromatic N) is 1. The van der Waals surface area contributed by atoms with Crippen LogP contribution in [0.4, 0.5) is 0 Å². The molecule has 1 rings (SSSR count).